The fraction of sp³-hybridized carbons (Fsp3) is 0.279. The number of carbonyl (C=O) groups is 6. The minimum absolute atomic E-state index is 0.0693. The molecule has 0 aliphatic heterocycles. The number of benzene rings is 6. The number of carbonyl (C=O) groups excluding carboxylic acids is 6. The number of anilines is 4. The summed E-state index contributed by atoms with van der Waals surface area (Å²) in [5, 5.41) is 10.6. The van der Waals surface area contributed by atoms with E-state index in [4.69, 9.17) is 4.74 Å². The standard InChI is InChI=1S/C61H59BrF4N6O7/c62-49-12-7-13-51(36-49)69-59(77)71(53-26-22-44(23-27-53)42-8-3-1-4-9-42)38-40-14-18-46(19-15-40)57(75)67-32-30-55(73)79-56(74)31-33-68-58(76)47-20-16-41(17-21-47)39-72(54-28-24-45(25-29-54)43-10-5-2-6-11-43)60(78)70-52-35-48(61(64,65)66)34-50(63)37-52/h7-8,12-29,34-37,43H,1-6,9-11,30-33,38-39H2,(H,67,75)(H,68,76)(H,69,77)(H,70,78). The highest BCUT2D eigenvalue weighted by atomic mass is 79.9. The van der Waals surface area contributed by atoms with Crippen LogP contribution in [0.5, 0.6) is 0 Å². The van der Waals surface area contributed by atoms with Crippen LogP contribution in [0.1, 0.15) is 125 Å². The third-order valence-corrected chi connectivity index (χ3v) is 14.2. The maximum atomic E-state index is 14.3. The van der Waals surface area contributed by atoms with E-state index in [0.717, 1.165) is 72.2 Å². The number of nitrogens with one attached hydrogen (secondary N) is 4. The SMILES string of the molecule is O=C(CCNC(=O)c1ccc(CN(C(=O)Nc2cccc(Br)c2)c2ccc(C3=CCCCC3)cc2)cc1)OC(=O)CCNC(=O)c1ccc(CN(C(=O)Nc2cc(F)cc(C(F)(F)F)c2)c2ccc(C3CCCCC3)cc2)cc1. The first kappa shape index (κ1) is 57.1. The lowest BCUT2D eigenvalue weighted by Gasteiger charge is -2.26. The first-order valence-electron chi connectivity index (χ1n) is 26.2. The van der Waals surface area contributed by atoms with Gasteiger partial charge in [0.15, 0.2) is 0 Å². The molecule has 13 nitrogen and oxygen atoms in total. The lowest BCUT2D eigenvalue weighted by atomic mass is 9.84. The number of amides is 6. The molecule has 2 aliphatic carbocycles. The van der Waals surface area contributed by atoms with E-state index in [1.807, 2.05) is 54.6 Å². The molecule has 0 unspecified atom stereocenters. The Morgan fingerprint density at radius 2 is 1.14 bits per heavy atom. The zero-order valence-corrected chi connectivity index (χ0v) is 44.8. The predicted octanol–water partition coefficient (Wildman–Crippen LogP) is 14.1. The van der Waals surface area contributed by atoms with Crippen LogP contribution in [0, 0.1) is 5.82 Å². The van der Waals surface area contributed by atoms with Gasteiger partial charge in [-0.3, -0.25) is 29.0 Å². The Kier molecular flexibility index (Phi) is 19.5. The average Bonchev–Trinajstić information content (AvgIpc) is 3.48. The van der Waals surface area contributed by atoms with E-state index in [1.54, 1.807) is 59.5 Å². The van der Waals surface area contributed by atoms with Gasteiger partial charge in [0.25, 0.3) is 11.8 Å². The quantitative estimate of drug-likeness (QED) is 0.0378. The zero-order chi connectivity index (χ0) is 55.9. The van der Waals surface area contributed by atoms with Crippen molar-refractivity contribution in [2.24, 2.45) is 0 Å². The second-order valence-corrected chi connectivity index (χ2v) is 20.4. The second-order valence-electron chi connectivity index (χ2n) is 19.5. The first-order valence-corrected chi connectivity index (χ1v) is 27.0. The van der Waals surface area contributed by atoms with E-state index < -0.39 is 47.3 Å². The van der Waals surface area contributed by atoms with Crippen molar-refractivity contribution in [1.29, 1.82) is 0 Å². The molecule has 0 radical (unpaired) electrons. The molecule has 6 aromatic rings. The molecule has 4 N–H and O–H groups in total. The topological polar surface area (TPSA) is 166 Å². The molecule has 6 aromatic carbocycles. The minimum atomic E-state index is -4.84. The Hall–Kier alpha value is -8.12. The van der Waals surface area contributed by atoms with Crippen LogP contribution in [0.2, 0.25) is 0 Å². The van der Waals surface area contributed by atoms with Gasteiger partial charge in [-0.25, -0.2) is 14.0 Å². The molecule has 410 valence electrons. The van der Waals surface area contributed by atoms with Gasteiger partial charge >= 0.3 is 30.2 Å². The molecule has 0 bridgehead atoms. The molecule has 79 heavy (non-hydrogen) atoms. The van der Waals surface area contributed by atoms with E-state index in [9.17, 15) is 46.3 Å². The van der Waals surface area contributed by atoms with Crippen molar-refractivity contribution >= 4 is 80.1 Å². The minimum Gasteiger partial charge on any atom is -0.393 e. The summed E-state index contributed by atoms with van der Waals surface area (Å²) >= 11 is 3.45. The molecule has 1 saturated carbocycles. The number of alkyl halides is 3. The van der Waals surface area contributed by atoms with Gasteiger partial charge in [0.05, 0.1) is 31.5 Å². The number of halogens is 5. The van der Waals surface area contributed by atoms with E-state index in [-0.39, 0.29) is 56.3 Å². The van der Waals surface area contributed by atoms with Crippen molar-refractivity contribution in [1.82, 2.24) is 10.6 Å². The summed E-state index contributed by atoms with van der Waals surface area (Å²) in [6.07, 6.45) is 6.72. The van der Waals surface area contributed by atoms with E-state index >= 15 is 0 Å². The number of hydrogen-bond donors (Lipinski definition) is 4. The van der Waals surface area contributed by atoms with Crippen molar-refractivity contribution in [2.45, 2.75) is 95.8 Å². The second kappa shape index (κ2) is 27.0. The lowest BCUT2D eigenvalue weighted by Crippen LogP contribution is -2.34. The molecular weight excluding hydrogens is 1080 g/mol. The average molecular weight is 1140 g/mol. The van der Waals surface area contributed by atoms with Crippen molar-refractivity contribution in [3.63, 3.8) is 0 Å². The fourth-order valence-electron chi connectivity index (χ4n) is 9.53. The Morgan fingerprint density at radius 1 is 0.595 bits per heavy atom. The molecule has 1 fully saturated rings. The van der Waals surface area contributed by atoms with Gasteiger partial charge in [-0.05, 0) is 157 Å². The smallest absolute Gasteiger partial charge is 0.393 e. The third kappa shape index (κ3) is 16.5. The highest BCUT2D eigenvalue weighted by Gasteiger charge is 2.32. The van der Waals surface area contributed by atoms with Crippen LogP contribution in [0.15, 0.2) is 150 Å². The van der Waals surface area contributed by atoms with Gasteiger partial charge in [-0.1, -0.05) is 95.9 Å². The summed E-state index contributed by atoms with van der Waals surface area (Å²) in [4.78, 5) is 81.5. The van der Waals surface area contributed by atoms with E-state index in [2.05, 4.69) is 43.3 Å². The van der Waals surface area contributed by atoms with Crippen molar-refractivity contribution in [2.75, 3.05) is 33.5 Å². The lowest BCUT2D eigenvalue weighted by molar-refractivity contribution is -0.159. The Bertz CT molecular complexity index is 3170. The van der Waals surface area contributed by atoms with Crippen LogP contribution in [0.4, 0.5) is 49.9 Å². The van der Waals surface area contributed by atoms with E-state index in [0.29, 0.717) is 46.2 Å². The van der Waals surface area contributed by atoms with E-state index in [1.165, 1.54) is 35.4 Å². The molecule has 2 aliphatic rings. The summed E-state index contributed by atoms with van der Waals surface area (Å²) in [6, 6.07) is 36.2. The van der Waals surface area contributed by atoms with Crippen LogP contribution in [-0.4, -0.2) is 48.9 Å². The Labute approximate surface area is 463 Å². The van der Waals surface area contributed by atoms with Gasteiger partial charge in [0.1, 0.15) is 5.82 Å². The van der Waals surface area contributed by atoms with Gasteiger partial charge in [-0.2, -0.15) is 13.2 Å². The van der Waals surface area contributed by atoms with Crippen LogP contribution in [0.3, 0.4) is 0 Å². The van der Waals surface area contributed by atoms with Crippen LogP contribution < -0.4 is 31.1 Å². The fourth-order valence-corrected chi connectivity index (χ4v) is 9.93. The zero-order valence-electron chi connectivity index (χ0n) is 43.2. The first-order chi connectivity index (χ1) is 38.0. The number of hydrogen-bond acceptors (Lipinski definition) is 7. The molecule has 0 heterocycles. The highest BCUT2D eigenvalue weighted by molar-refractivity contribution is 9.10. The molecule has 0 saturated heterocycles. The van der Waals surface area contributed by atoms with Gasteiger partial charge in [0.2, 0.25) is 0 Å². The predicted molar refractivity (Wildman–Crippen MR) is 299 cm³/mol. The maximum absolute atomic E-state index is 14.3. The van der Waals surface area contributed by atoms with Crippen LogP contribution in [-0.2, 0) is 33.6 Å². The van der Waals surface area contributed by atoms with Crippen molar-refractivity contribution in [3.8, 4) is 0 Å². The number of allylic oxidation sites excluding steroid dienone is 2. The molecular formula is C61H59BrF4N6O7. The molecule has 18 heteroatoms. The molecule has 0 atom stereocenters. The summed E-state index contributed by atoms with van der Waals surface area (Å²) in [6.45, 7) is -0.162. The van der Waals surface area contributed by atoms with Crippen molar-refractivity contribution in [3.05, 3.63) is 195 Å². The molecule has 0 aromatic heterocycles. The van der Waals surface area contributed by atoms with Crippen molar-refractivity contribution < 1.29 is 51.1 Å². The summed E-state index contributed by atoms with van der Waals surface area (Å²) < 4.78 is 60.5. The Balaban J connectivity index is 0.790. The number of urea groups is 2. The number of rotatable bonds is 18. The maximum Gasteiger partial charge on any atom is 0.416 e. The number of ether oxygens (including phenoxy) is 1. The van der Waals surface area contributed by atoms with Crippen LogP contribution >= 0.6 is 15.9 Å². The monoisotopic (exact) mass is 1140 g/mol. The van der Waals surface area contributed by atoms with Gasteiger partial charge in [0, 0.05) is 51.4 Å². The summed E-state index contributed by atoms with van der Waals surface area (Å²) in [7, 11) is 0. The largest absolute Gasteiger partial charge is 0.416 e. The Morgan fingerprint density at radius 3 is 1.66 bits per heavy atom. The number of nitrogens with zero attached hydrogens (tertiary/aromatic N) is 2. The molecule has 0 spiro atoms. The van der Waals surface area contributed by atoms with Gasteiger partial charge < -0.3 is 26.0 Å². The molecule has 8 rings (SSSR count). The highest BCUT2D eigenvalue weighted by Crippen LogP contribution is 2.35. The third-order valence-electron chi connectivity index (χ3n) is 13.7. The molecule has 6 amide bonds. The van der Waals surface area contributed by atoms with Crippen LogP contribution in [0.25, 0.3) is 5.57 Å². The summed E-state index contributed by atoms with van der Waals surface area (Å²) in [5.74, 6) is -3.56. The van der Waals surface area contributed by atoms with Gasteiger partial charge in [-0.15, -0.1) is 0 Å². The normalized spacial score (nSPS) is 13.6. The number of esters is 2. The summed E-state index contributed by atoms with van der Waals surface area (Å²) in [5.41, 5.74) is 5.49.